The molecule has 2 aliphatic heterocycles. The Balaban J connectivity index is 2.00. The first-order chi connectivity index (χ1) is 9.70. The van der Waals surface area contributed by atoms with Crippen LogP contribution in [0.3, 0.4) is 0 Å². The van der Waals surface area contributed by atoms with Crippen molar-refractivity contribution < 1.29 is 28.2 Å². The van der Waals surface area contributed by atoms with Crippen molar-refractivity contribution in [1.29, 1.82) is 0 Å². The number of carbonyl (C=O) groups is 2. The summed E-state index contributed by atoms with van der Waals surface area (Å²) in [7, 11) is -3.28. The molecule has 2 amide bonds. The number of aliphatic carboxylic acids is 1. The van der Waals surface area contributed by atoms with E-state index in [0.717, 1.165) is 11.2 Å². The first-order valence-corrected chi connectivity index (χ1v) is 8.46. The smallest absolute Gasteiger partial charge is 0.326 e. The molecule has 0 saturated carbocycles. The number of carboxylic acids is 1. The quantitative estimate of drug-likeness (QED) is 0.620. The van der Waals surface area contributed by atoms with Crippen LogP contribution in [0.5, 0.6) is 0 Å². The summed E-state index contributed by atoms with van der Waals surface area (Å²) < 4.78 is 24.1. The summed E-state index contributed by atoms with van der Waals surface area (Å²) in [5.74, 6) is -1.14. The first-order valence-electron chi connectivity index (χ1n) is 6.61. The number of β-amino-alcohol motifs (C(OH)–C–C–N with tert-alkyl or cyclic N) is 1. The van der Waals surface area contributed by atoms with Gasteiger partial charge in [-0.1, -0.05) is 0 Å². The molecular formula is C11H19N3O6S. The van der Waals surface area contributed by atoms with Crippen LogP contribution in [0.4, 0.5) is 4.79 Å². The average Bonchev–Trinajstić information content (AvgIpc) is 2.79. The molecule has 0 aliphatic carbocycles. The number of nitrogens with zero attached hydrogens (tertiary/aromatic N) is 3. The Morgan fingerprint density at radius 3 is 2.19 bits per heavy atom. The lowest BCUT2D eigenvalue weighted by Crippen LogP contribution is -2.55. The predicted octanol–water partition coefficient (Wildman–Crippen LogP) is -1.80. The van der Waals surface area contributed by atoms with Crippen LogP contribution in [0.2, 0.25) is 0 Å². The molecule has 9 nitrogen and oxygen atoms in total. The summed E-state index contributed by atoms with van der Waals surface area (Å²) in [6.45, 7) is 0.801. The van der Waals surface area contributed by atoms with E-state index < -0.39 is 34.2 Å². The summed E-state index contributed by atoms with van der Waals surface area (Å²) >= 11 is 0. The van der Waals surface area contributed by atoms with Crippen LogP contribution < -0.4 is 0 Å². The molecule has 0 aromatic carbocycles. The van der Waals surface area contributed by atoms with Gasteiger partial charge in [0.15, 0.2) is 0 Å². The number of rotatable bonds is 2. The number of aliphatic hydroxyl groups excluding tert-OH is 1. The zero-order valence-electron chi connectivity index (χ0n) is 11.7. The minimum absolute atomic E-state index is 0.0118. The SMILES string of the molecule is CS(=O)(=O)N1CCN(C(=O)N2C[C@H](O)C[C@@H]2C(=O)O)CC1. The lowest BCUT2D eigenvalue weighted by atomic mass is 10.2. The van der Waals surface area contributed by atoms with Gasteiger partial charge in [-0.15, -0.1) is 0 Å². The molecule has 2 N–H and O–H groups in total. The monoisotopic (exact) mass is 321 g/mol. The maximum absolute atomic E-state index is 12.3. The van der Waals surface area contributed by atoms with Gasteiger partial charge in [0.1, 0.15) is 6.04 Å². The van der Waals surface area contributed by atoms with Gasteiger partial charge in [0.2, 0.25) is 10.0 Å². The molecule has 21 heavy (non-hydrogen) atoms. The molecule has 120 valence electrons. The van der Waals surface area contributed by atoms with Gasteiger partial charge in [-0.3, -0.25) is 0 Å². The number of hydrogen-bond donors (Lipinski definition) is 2. The highest BCUT2D eigenvalue weighted by Crippen LogP contribution is 2.21. The van der Waals surface area contributed by atoms with Crippen LogP contribution in [-0.4, -0.2) is 95.9 Å². The minimum atomic E-state index is -3.28. The fourth-order valence-electron chi connectivity index (χ4n) is 2.65. The molecule has 0 spiro atoms. The Labute approximate surface area is 122 Å². The highest BCUT2D eigenvalue weighted by Gasteiger charge is 2.41. The summed E-state index contributed by atoms with van der Waals surface area (Å²) in [4.78, 5) is 26.0. The average molecular weight is 321 g/mol. The molecule has 2 heterocycles. The van der Waals surface area contributed by atoms with Crippen LogP contribution in [0.1, 0.15) is 6.42 Å². The van der Waals surface area contributed by atoms with E-state index in [1.807, 2.05) is 0 Å². The third kappa shape index (κ3) is 3.44. The maximum Gasteiger partial charge on any atom is 0.326 e. The summed E-state index contributed by atoms with van der Waals surface area (Å²) in [6.07, 6.45) is 0.291. The number of carbonyl (C=O) groups excluding carboxylic acids is 1. The third-order valence-electron chi connectivity index (χ3n) is 3.79. The Hall–Kier alpha value is -1.39. The van der Waals surface area contributed by atoms with E-state index in [1.165, 1.54) is 9.21 Å². The number of urea groups is 1. The second-order valence-corrected chi connectivity index (χ2v) is 7.31. The lowest BCUT2D eigenvalue weighted by Gasteiger charge is -2.36. The normalized spacial score (nSPS) is 27.9. The van der Waals surface area contributed by atoms with E-state index in [2.05, 4.69) is 0 Å². The van der Waals surface area contributed by atoms with E-state index in [9.17, 15) is 23.1 Å². The van der Waals surface area contributed by atoms with Gasteiger partial charge in [-0.05, 0) is 0 Å². The highest BCUT2D eigenvalue weighted by atomic mass is 32.2. The number of hydrogen-bond acceptors (Lipinski definition) is 5. The largest absolute Gasteiger partial charge is 0.480 e. The van der Waals surface area contributed by atoms with Crippen molar-refractivity contribution in [2.45, 2.75) is 18.6 Å². The molecule has 0 bridgehead atoms. The molecule has 2 fully saturated rings. The van der Waals surface area contributed by atoms with Crippen molar-refractivity contribution in [2.75, 3.05) is 39.0 Å². The molecule has 2 rings (SSSR count). The summed E-state index contributed by atoms with van der Waals surface area (Å²) in [5, 5.41) is 18.6. The van der Waals surface area contributed by atoms with E-state index >= 15 is 0 Å². The van der Waals surface area contributed by atoms with Gasteiger partial charge in [0, 0.05) is 39.1 Å². The van der Waals surface area contributed by atoms with E-state index in [0.29, 0.717) is 0 Å². The van der Waals surface area contributed by atoms with Crippen molar-refractivity contribution in [3.63, 3.8) is 0 Å². The van der Waals surface area contributed by atoms with E-state index in [4.69, 9.17) is 5.11 Å². The third-order valence-corrected chi connectivity index (χ3v) is 5.09. The lowest BCUT2D eigenvalue weighted by molar-refractivity contribution is -0.141. The Morgan fingerprint density at radius 2 is 1.71 bits per heavy atom. The van der Waals surface area contributed by atoms with Gasteiger partial charge in [-0.25, -0.2) is 18.0 Å². The molecule has 0 aromatic rings. The highest BCUT2D eigenvalue weighted by molar-refractivity contribution is 7.88. The molecular weight excluding hydrogens is 302 g/mol. The molecule has 0 unspecified atom stereocenters. The first kappa shape index (κ1) is 16.0. The molecule has 0 aromatic heterocycles. The van der Waals surface area contributed by atoms with E-state index in [-0.39, 0.29) is 39.1 Å². The van der Waals surface area contributed by atoms with Crippen LogP contribution in [0.15, 0.2) is 0 Å². The van der Waals surface area contributed by atoms with Gasteiger partial charge in [-0.2, -0.15) is 4.31 Å². The zero-order chi connectivity index (χ0) is 15.8. The predicted molar refractivity (Wildman–Crippen MR) is 72.1 cm³/mol. The summed E-state index contributed by atoms with van der Waals surface area (Å²) in [5.41, 5.74) is 0. The zero-order valence-corrected chi connectivity index (χ0v) is 12.5. The number of carboxylic acid groups (broad SMARTS) is 1. The van der Waals surface area contributed by atoms with Crippen LogP contribution in [0.25, 0.3) is 0 Å². The van der Waals surface area contributed by atoms with Crippen LogP contribution in [0, 0.1) is 0 Å². The van der Waals surface area contributed by atoms with Crippen LogP contribution >= 0.6 is 0 Å². The Bertz CT molecular complexity index is 528. The second kappa shape index (κ2) is 5.78. The topological polar surface area (TPSA) is 118 Å². The van der Waals surface area contributed by atoms with Crippen LogP contribution in [-0.2, 0) is 14.8 Å². The van der Waals surface area contributed by atoms with Gasteiger partial charge >= 0.3 is 12.0 Å². The second-order valence-electron chi connectivity index (χ2n) is 5.33. The molecule has 0 radical (unpaired) electrons. The van der Waals surface area contributed by atoms with Crippen molar-refractivity contribution in [3.8, 4) is 0 Å². The molecule has 2 aliphatic rings. The van der Waals surface area contributed by atoms with Crippen molar-refractivity contribution >= 4 is 22.0 Å². The van der Waals surface area contributed by atoms with Gasteiger partial charge < -0.3 is 20.0 Å². The van der Waals surface area contributed by atoms with Gasteiger partial charge in [0.05, 0.1) is 12.4 Å². The Kier molecular flexibility index (Phi) is 4.40. The fourth-order valence-corrected chi connectivity index (χ4v) is 3.48. The van der Waals surface area contributed by atoms with Crippen molar-refractivity contribution in [3.05, 3.63) is 0 Å². The standard InChI is InChI=1S/C11H19N3O6S/c1-21(19,20)13-4-2-12(3-5-13)11(18)14-7-8(15)6-9(14)10(16)17/h8-9,15H,2-7H2,1H3,(H,16,17)/t8-,9-/m1/s1. The Morgan fingerprint density at radius 1 is 1.14 bits per heavy atom. The molecule has 2 atom stereocenters. The number of sulfonamides is 1. The van der Waals surface area contributed by atoms with Crippen molar-refractivity contribution in [1.82, 2.24) is 14.1 Å². The fraction of sp³-hybridized carbons (Fsp3) is 0.818. The maximum atomic E-state index is 12.3. The minimum Gasteiger partial charge on any atom is -0.480 e. The van der Waals surface area contributed by atoms with E-state index in [1.54, 1.807) is 0 Å². The number of amides is 2. The molecule has 10 heteroatoms. The number of piperazine rings is 1. The van der Waals surface area contributed by atoms with Crippen molar-refractivity contribution in [2.24, 2.45) is 0 Å². The number of likely N-dealkylation sites (tertiary alicyclic amines) is 1. The molecule has 2 saturated heterocycles. The number of aliphatic hydroxyl groups is 1. The summed E-state index contributed by atoms with van der Waals surface area (Å²) in [6, 6.07) is -1.49. The van der Waals surface area contributed by atoms with Gasteiger partial charge in [0.25, 0.3) is 0 Å².